The Labute approximate surface area is 237 Å². The number of nitrogens with zero attached hydrogens (tertiary/aromatic N) is 3. The third-order valence-electron chi connectivity index (χ3n) is 5.94. The molecule has 0 amide bonds. The van der Waals surface area contributed by atoms with Gasteiger partial charge in [0.1, 0.15) is 0 Å². The monoisotopic (exact) mass is 637 g/mol. The van der Waals surface area contributed by atoms with Crippen LogP contribution in [0.25, 0.3) is 0 Å². The van der Waals surface area contributed by atoms with Crippen LogP contribution in [0.4, 0.5) is 0 Å². The van der Waals surface area contributed by atoms with Gasteiger partial charge in [0.05, 0.1) is 6.17 Å². The van der Waals surface area contributed by atoms with Crippen LogP contribution in [0.15, 0.2) is 14.4 Å². The second-order valence-electron chi connectivity index (χ2n) is 13.8. The highest BCUT2D eigenvalue weighted by Gasteiger charge is 2.31. The van der Waals surface area contributed by atoms with Crippen molar-refractivity contribution in [2.45, 2.75) is 129 Å². The lowest BCUT2D eigenvalue weighted by molar-refractivity contribution is 0.441. The van der Waals surface area contributed by atoms with E-state index in [9.17, 15) is 14.4 Å². The van der Waals surface area contributed by atoms with E-state index in [2.05, 4.69) is 72.0 Å². The van der Waals surface area contributed by atoms with Crippen LogP contribution in [0.1, 0.15) is 12.8 Å². The zero-order valence-corrected chi connectivity index (χ0v) is 32.7. The second kappa shape index (κ2) is 14.0. The van der Waals surface area contributed by atoms with Crippen molar-refractivity contribution in [1.29, 1.82) is 0 Å². The zero-order chi connectivity index (χ0) is 29.7. The molecule has 0 fully saturated rings. The molecule has 0 saturated heterocycles. The maximum absolute atomic E-state index is 13.5. The lowest BCUT2D eigenvalue weighted by atomic mass is 10.4. The number of aromatic nitrogens is 3. The van der Waals surface area contributed by atoms with E-state index in [0.717, 1.165) is 12.1 Å². The van der Waals surface area contributed by atoms with Crippen LogP contribution in [-0.4, -0.2) is 65.1 Å². The minimum absolute atomic E-state index is 0.247. The molecule has 1 rings (SSSR count). The van der Waals surface area contributed by atoms with E-state index < -0.39 is 68.4 Å². The fourth-order valence-corrected chi connectivity index (χ4v) is 26.2. The first-order chi connectivity index (χ1) is 17.1. The molecule has 1 aromatic rings. The molecule has 0 N–H and O–H groups in total. The summed E-state index contributed by atoms with van der Waals surface area (Å²) < 4.78 is 22.8. The summed E-state index contributed by atoms with van der Waals surface area (Å²) in [6.45, 7) is 28.5. The predicted octanol–water partition coefficient (Wildman–Crippen LogP) is 3.96. The van der Waals surface area contributed by atoms with Crippen LogP contribution in [0.2, 0.25) is 97.2 Å². The predicted molar refractivity (Wildman–Crippen MR) is 175 cm³/mol. The molecule has 0 saturated carbocycles. The average molecular weight is 638 g/mol. The van der Waals surface area contributed by atoms with Crippen LogP contribution < -0.4 is 17.1 Å². The molecule has 0 radical (unpaired) electrons. The molecule has 38 heavy (non-hydrogen) atoms. The zero-order valence-electron chi connectivity index (χ0n) is 26.4. The van der Waals surface area contributed by atoms with Gasteiger partial charge in [-0.15, -0.1) is 0 Å². The summed E-state index contributed by atoms with van der Waals surface area (Å²) in [4.78, 5) is 40.5. The van der Waals surface area contributed by atoms with E-state index in [-0.39, 0.29) is 19.3 Å². The van der Waals surface area contributed by atoms with Gasteiger partial charge in [-0.1, -0.05) is 0 Å². The molecule has 222 valence electrons. The van der Waals surface area contributed by atoms with E-state index in [4.69, 9.17) is 12.3 Å². The third-order valence-corrected chi connectivity index (χ3v) is 23.7. The molecule has 0 bridgehead atoms. The second-order valence-corrected chi connectivity index (χ2v) is 36.8. The number of hydrogen-bond acceptors (Lipinski definition) is 6. The molecule has 1 aromatic heterocycles. The highest BCUT2D eigenvalue weighted by Crippen LogP contribution is 2.20. The lowest BCUT2D eigenvalue weighted by Crippen LogP contribution is -2.58. The molecule has 9 nitrogen and oxygen atoms in total. The fourth-order valence-electron chi connectivity index (χ4n) is 5.16. The minimum atomic E-state index is -2.32. The summed E-state index contributed by atoms with van der Waals surface area (Å²) in [6, 6.07) is 1.71. The van der Waals surface area contributed by atoms with E-state index in [1.807, 2.05) is 13.1 Å². The van der Waals surface area contributed by atoms with Gasteiger partial charge in [-0.25, -0.2) is 28.1 Å². The maximum atomic E-state index is 13.5. The summed E-state index contributed by atoms with van der Waals surface area (Å²) in [5.41, 5.74) is -1.53. The average Bonchev–Trinajstić information content (AvgIpc) is 2.66. The molecule has 0 aliphatic carbocycles. The highest BCUT2D eigenvalue weighted by molar-refractivity contribution is 6.84. The molecular formula is C23H55N3O6Si6. The largest absolute Gasteiger partial charge is 0.458 e. The quantitative estimate of drug-likeness (QED) is 0.255. The Morgan fingerprint density at radius 1 is 0.579 bits per heavy atom. The third kappa shape index (κ3) is 12.4. The summed E-state index contributed by atoms with van der Waals surface area (Å²) >= 11 is 0. The minimum Gasteiger partial charge on any atom is -0.458 e. The Bertz CT molecular complexity index is 1090. The molecule has 0 spiro atoms. The van der Waals surface area contributed by atoms with Gasteiger partial charge >= 0.3 is 17.1 Å². The van der Waals surface area contributed by atoms with Gasteiger partial charge in [-0.05, 0) is 110 Å². The SMILES string of the molecule is C[SiH](C)O[Si](C)(C)CCCn1c(=O)n(CCC[Si](C)(C)O[Si](C)(C)C)c(=O)n(C[Si](C)(C)O[SiH](C)C)c1=O. The molecule has 0 aromatic carbocycles. The lowest BCUT2D eigenvalue weighted by Gasteiger charge is -2.31. The first kappa shape index (κ1) is 35.6. The molecular weight excluding hydrogens is 583 g/mol. The van der Waals surface area contributed by atoms with Gasteiger partial charge in [0, 0.05) is 13.1 Å². The summed E-state index contributed by atoms with van der Waals surface area (Å²) in [5, 5.41) is 0. The van der Waals surface area contributed by atoms with Crippen molar-refractivity contribution in [1.82, 2.24) is 13.7 Å². The molecule has 15 heteroatoms. The Morgan fingerprint density at radius 2 is 0.947 bits per heavy atom. The van der Waals surface area contributed by atoms with Crippen molar-refractivity contribution in [3.8, 4) is 0 Å². The first-order valence-electron chi connectivity index (χ1n) is 14.1. The van der Waals surface area contributed by atoms with Gasteiger partial charge in [0.2, 0.25) is 0 Å². The van der Waals surface area contributed by atoms with Crippen molar-refractivity contribution in [3.05, 3.63) is 31.5 Å². The number of rotatable bonds is 16. The Kier molecular flexibility index (Phi) is 13.1. The van der Waals surface area contributed by atoms with Crippen molar-refractivity contribution < 1.29 is 12.3 Å². The van der Waals surface area contributed by atoms with E-state index in [1.54, 1.807) is 0 Å². The van der Waals surface area contributed by atoms with Crippen molar-refractivity contribution in [3.63, 3.8) is 0 Å². The summed E-state index contributed by atoms with van der Waals surface area (Å²) in [5.74, 6) is 0. The molecule has 0 aliphatic heterocycles. The van der Waals surface area contributed by atoms with Gasteiger partial charge in [-0.3, -0.25) is 0 Å². The van der Waals surface area contributed by atoms with Gasteiger partial charge < -0.3 is 12.3 Å². The van der Waals surface area contributed by atoms with Crippen molar-refractivity contribution in [2.75, 3.05) is 0 Å². The molecule has 0 aliphatic rings. The Morgan fingerprint density at radius 3 is 1.34 bits per heavy atom. The van der Waals surface area contributed by atoms with Gasteiger partial charge in [0.25, 0.3) is 0 Å². The van der Waals surface area contributed by atoms with Crippen molar-refractivity contribution >= 4 is 51.4 Å². The molecule has 1 heterocycles. The van der Waals surface area contributed by atoms with Gasteiger partial charge in [0.15, 0.2) is 51.4 Å². The summed E-state index contributed by atoms with van der Waals surface area (Å²) in [7, 11) is -10.3. The topological polar surface area (TPSA) is 93.7 Å². The number of hydrogen-bond donors (Lipinski definition) is 0. The smallest absolute Gasteiger partial charge is 0.336 e. The normalized spacial score (nSPS) is 13.7. The van der Waals surface area contributed by atoms with Crippen molar-refractivity contribution in [2.24, 2.45) is 0 Å². The van der Waals surface area contributed by atoms with Crippen LogP contribution in [0.3, 0.4) is 0 Å². The highest BCUT2D eigenvalue weighted by atomic mass is 28.4. The van der Waals surface area contributed by atoms with E-state index in [0.29, 0.717) is 12.8 Å². The van der Waals surface area contributed by atoms with Crippen LogP contribution in [0, 0.1) is 0 Å². The van der Waals surface area contributed by atoms with Crippen LogP contribution >= 0.6 is 0 Å². The standard InChI is InChI=1S/C23H55N3O6Si6/c1-33(2)30-36(8,9)18-14-16-24-21(27)25(17-15-19-37(10,11)32-35(5,6)7)23(29)26(22(24)28)20-38(12,13)31-34(3)4/h33-34H,14-20H2,1-13H3. The van der Waals surface area contributed by atoms with E-state index in [1.165, 1.54) is 13.7 Å². The Balaban J connectivity index is 3.37. The van der Waals surface area contributed by atoms with Gasteiger partial charge in [-0.2, -0.15) is 0 Å². The molecule has 0 unspecified atom stereocenters. The van der Waals surface area contributed by atoms with E-state index >= 15 is 0 Å². The van der Waals surface area contributed by atoms with Crippen LogP contribution in [-0.2, 0) is 31.6 Å². The summed E-state index contributed by atoms with van der Waals surface area (Å²) in [6.07, 6.45) is 1.59. The fraction of sp³-hybridized carbons (Fsp3) is 0.870. The Hall–Kier alpha value is -0.409. The first-order valence-corrected chi connectivity index (χ1v) is 32.4. The maximum Gasteiger partial charge on any atom is 0.336 e. The van der Waals surface area contributed by atoms with Crippen LogP contribution in [0.5, 0.6) is 0 Å². The molecule has 0 atom stereocenters.